The molecule has 21 heavy (non-hydrogen) atoms. The molecule has 1 aromatic carbocycles. The van der Waals surface area contributed by atoms with Gasteiger partial charge < -0.3 is 10.4 Å². The minimum Gasteiger partial charge on any atom is -0.478 e. The average molecular weight is 291 g/mol. The van der Waals surface area contributed by atoms with Gasteiger partial charge in [0.2, 0.25) is 0 Å². The highest BCUT2D eigenvalue weighted by atomic mass is 19.1. The van der Waals surface area contributed by atoms with Gasteiger partial charge in [0.25, 0.3) is 5.91 Å². The van der Waals surface area contributed by atoms with Crippen LogP contribution in [0.25, 0.3) is 0 Å². The van der Waals surface area contributed by atoms with E-state index in [2.05, 4.69) is 10.4 Å². The van der Waals surface area contributed by atoms with Gasteiger partial charge in [0.15, 0.2) is 0 Å². The molecular weight excluding hydrogens is 277 g/mol. The van der Waals surface area contributed by atoms with Gasteiger partial charge in [-0.05, 0) is 32.0 Å². The fraction of sp³-hybridized carbons (Fsp3) is 0.214. The second-order valence-electron chi connectivity index (χ2n) is 4.41. The van der Waals surface area contributed by atoms with Crippen molar-refractivity contribution in [2.45, 2.75) is 20.4 Å². The number of benzene rings is 1. The van der Waals surface area contributed by atoms with Crippen molar-refractivity contribution in [3.63, 3.8) is 0 Å². The molecule has 1 amide bonds. The van der Waals surface area contributed by atoms with E-state index in [-0.39, 0.29) is 11.4 Å². The Morgan fingerprint density at radius 3 is 2.76 bits per heavy atom. The normalized spacial score (nSPS) is 10.4. The van der Waals surface area contributed by atoms with E-state index < -0.39 is 23.3 Å². The fourth-order valence-electron chi connectivity index (χ4n) is 2.00. The number of hydrogen-bond donors (Lipinski definition) is 2. The SMILES string of the molecule is CCn1nc(C)cc1C(=O)Nc1cccc(F)c1C(=O)O. The van der Waals surface area contributed by atoms with Gasteiger partial charge in [-0.25, -0.2) is 9.18 Å². The first-order valence-corrected chi connectivity index (χ1v) is 6.31. The predicted octanol–water partition coefficient (Wildman–Crippen LogP) is 2.30. The van der Waals surface area contributed by atoms with Crippen molar-refractivity contribution in [1.82, 2.24) is 9.78 Å². The number of hydrogen-bond acceptors (Lipinski definition) is 3. The molecule has 1 heterocycles. The second kappa shape index (κ2) is 5.74. The summed E-state index contributed by atoms with van der Waals surface area (Å²) in [4.78, 5) is 23.3. The molecule has 0 unspecified atom stereocenters. The van der Waals surface area contributed by atoms with Crippen LogP contribution in [0, 0.1) is 12.7 Å². The molecule has 0 saturated heterocycles. The van der Waals surface area contributed by atoms with Crippen molar-refractivity contribution < 1.29 is 19.1 Å². The number of nitrogens with one attached hydrogen (secondary N) is 1. The number of anilines is 1. The molecule has 0 atom stereocenters. The maximum absolute atomic E-state index is 13.6. The van der Waals surface area contributed by atoms with Crippen molar-refractivity contribution in [1.29, 1.82) is 0 Å². The Balaban J connectivity index is 2.36. The molecule has 0 radical (unpaired) electrons. The van der Waals surface area contributed by atoms with E-state index >= 15 is 0 Å². The van der Waals surface area contributed by atoms with Crippen LogP contribution in [0.4, 0.5) is 10.1 Å². The highest BCUT2D eigenvalue weighted by molar-refractivity contribution is 6.07. The molecule has 0 bridgehead atoms. The lowest BCUT2D eigenvalue weighted by atomic mass is 10.1. The summed E-state index contributed by atoms with van der Waals surface area (Å²) in [5.74, 6) is -2.88. The maximum Gasteiger partial charge on any atom is 0.340 e. The van der Waals surface area contributed by atoms with Gasteiger partial charge >= 0.3 is 5.97 Å². The number of carboxylic acids is 1. The summed E-state index contributed by atoms with van der Waals surface area (Å²) < 4.78 is 15.0. The molecule has 0 spiro atoms. The third-order valence-electron chi connectivity index (χ3n) is 2.91. The smallest absolute Gasteiger partial charge is 0.340 e. The number of carbonyl (C=O) groups excluding carboxylic acids is 1. The van der Waals surface area contributed by atoms with E-state index in [4.69, 9.17) is 5.11 Å². The summed E-state index contributed by atoms with van der Waals surface area (Å²) in [6.45, 7) is 4.06. The van der Waals surface area contributed by atoms with E-state index in [1.54, 1.807) is 13.0 Å². The standard InChI is InChI=1S/C14H14FN3O3/c1-3-18-11(7-8(2)17-18)13(19)16-10-6-4-5-9(15)12(10)14(20)21/h4-7H,3H2,1-2H3,(H,16,19)(H,20,21). The van der Waals surface area contributed by atoms with Gasteiger partial charge in [-0.2, -0.15) is 5.10 Å². The quantitative estimate of drug-likeness (QED) is 0.905. The number of aromatic nitrogens is 2. The summed E-state index contributed by atoms with van der Waals surface area (Å²) >= 11 is 0. The number of halogens is 1. The van der Waals surface area contributed by atoms with Crippen molar-refractivity contribution in [3.05, 3.63) is 47.0 Å². The fourth-order valence-corrected chi connectivity index (χ4v) is 2.00. The van der Waals surface area contributed by atoms with Crippen molar-refractivity contribution in [2.24, 2.45) is 0 Å². The Morgan fingerprint density at radius 1 is 1.43 bits per heavy atom. The highest BCUT2D eigenvalue weighted by Gasteiger charge is 2.19. The van der Waals surface area contributed by atoms with Crippen LogP contribution in [-0.4, -0.2) is 26.8 Å². The molecule has 0 aliphatic rings. The Bertz CT molecular complexity index is 709. The van der Waals surface area contributed by atoms with E-state index in [9.17, 15) is 14.0 Å². The second-order valence-corrected chi connectivity index (χ2v) is 4.41. The Kier molecular flexibility index (Phi) is 4.02. The van der Waals surface area contributed by atoms with Crippen molar-refractivity contribution >= 4 is 17.6 Å². The first kappa shape index (κ1) is 14.7. The monoisotopic (exact) mass is 291 g/mol. The van der Waals surface area contributed by atoms with Crippen LogP contribution in [0.2, 0.25) is 0 Å². The third kappa shape index (κ3) is 2.91. The van der Waals surface area contributed by atoms with Gasteiger partial charge in [-0.3, -0.25) is 9.48 Å². The molecule has 1 aromatic heterocycles. The van der Waals surface area contributed by atoms with Crippen LogP contribution in [0.3, 0.4) is 0 Å². The van der Waals surface area contributed by atoms with E-state index in [0.29, 0.717) is 12.2 Å². The van der Waals surface area contributed by atoms with Crippen molar-refractivity contribution in [2.75, 3.05) is 5.32 Å². The molecule has 2 rings (SSSR count). The number of aryl methyl sites for hydroxylation is 2. The van der Waals surface area contributed by atoms with Gasteiger partial charge in [-0.1, -0.05) is 6.07 Å². The molecule has 0 saturated carbocycles. The first-order chi connectivity index (χ1) is 9.93. The first-order valence-electron chi connectivity index (χ1n) is 6.31. The number of aromatic carboxylic acids is 1. The predicted molar refractivity (Wildman–Crippen MR) is 74.0 cm³/mol. The van der Waals surface area contributed by atoms with Crippen molar-refractivity contribution in [3.8, 4) is 0 Å². The molecule has 0 aliphatic heterocycles. The molecule has 6 nitrogen and oxygen atoms in total. The van der Waals surface area contributed by atoms with Crippen LogP contribution in [0.5, 0.6) is 0 Å². The van der Waals surface area contributed by atoms with Gasteiger partial charge in [0, 0.05) is 6.54 Å². The Hall–Kier alpha value is -2.70. The van der Waals surface area contributed by atoms with Crippen LogP contribution >= 0.6 is 0 Å². The minimum absolute atomic E-state index is 0.0889. The Morgan fingerprint density at radius 2 is 2.14 bits per heavy atom. The van der Waals surface area contributed by atoms with Gasteiger partial charge in [-0.15, -0.1) is 0 Å². The summed E-state index contributed by atoms with van der Waals surface area (Å²) in [7, 11) is 0. The summed E-state index contributed by atoms with van der Waals surface area (Å²) in [6.07, 6.45) is 0. The summed E-state index contributed by atoms with van der Waals surface area (Å²) in [6, 6.07) is 5.28. The van der Waals surface area contributed by atoms with Crippen LogP contribution < -0.4 is 5.32 Å². The molecule has 0 aliphatic carbocycles. The number of carboxylic acid groups (broad SMARTS) is 1. The molecular formula is C14H14FN3O3. The largest absolute Gasteiger partial charge is 0.478 e. The number of rotatable bonds is 4. The van der Waals surface area contributed by atoms with Gasteiger partial charge in [0.05, 0.1) is 11.4 Å². The molecule has 7 heteroatoms. The molecule has 2 aromatic rings. The van der Waals surface area contributed by atoms with E-state index in [0.717, 1.165) is 6.07 Å². The zero-order valence-corrected chi connectivity index (χ0v) is 11.6. The summed E-state index contributed by atoms with van der Waals surface area (Å²) in [5.41, 5.74) is 0.300. The zero-order chi connectivity index (χ0) is 15.6. The molecule has 2 N–H and O–H groups in total. The lowest BCUT2D eigenvalue weighted by molar-refractivity contribution is 0.0693. The molecule has 0 fully saturated rings. The number of amides is 1. The zero-order valence-electron chi connectivity index (χ0n) is 11.6. The maximum atomic E-state index is 13.6. The van der Waals surface area contributed by atoms with E-state index in [1.165, 1.54) is 16.8 Å². The third-order valence-corrected chi connectivity index (χ3v) is 2.91. The van der Waals surface area contributed by atoms with Gasteiger partial charge in [0.1, 0.15) is 17.1 Å². The molecule has 110 valence electrons. The lowest BCUT2D eigenvalue weighted by Crippen LogP contribution is -2.19. The van der Waals surface area contributed by atoms with Crippen LogP contribution in [0.1, 0.15) is 33.5 Å². The van der Waals surface area contributed by atoms with Crippen LogP contribution in [0.15, 0.2) is 24.3 Å². The number of carbonyl (C=O) groups is 2. The topological polar surface area (TPSA) is 84.2 Å². The lowest BCUT2D eigenvalue weighted by Gasteiger charge is -2.09. The van der Waals surface area contributed by atoms with E-state index in [1.807, 2.05) is 6.92 Å². The number of nitrogens with zero attached hydrogens (tertiary/aromatic N) is 2. The minimum atomic E-state index is -1.44. The Labute approximate surface area is 120 Å². The average Bonchev–Trinajstić information content (AvgIpc) is 2.79. The van der Waals surface area contributed by atoms with Crippen LogP contribution in [-0.2, 0) is 6.54 Å². The summed E-state index contributed by atoms with van der Waals surface area (Å²) in [5, 5.41) is 15.6. The highest BCUT2D eigenvalue weighted by Crippen LogP contribution is 2.20.